The van der Waals surface area contributed by atoms with Gasteiger partial charge in [0.1, 0.15) is 0 Å². The summed E-state index contributed by atoms with van der Waals surface area (Å²) in [6, 6.07) is 0. The monoisotopic (exact) mass is 486 g/mol. The van der Waals surface area contributed by atoms with Gasteiger partial charge >= 0.3 is 5.97 Å². The van der Waals surface area contributed by atoms with Crippen molar-refractivity contribution < 1.29 is 19.7 Å². The summed E-state index contributed by atoms with van der Waals surface area (Å²) in [5.41, 5.74) is 0.328. The zero-order chi connectivity index (χ0) is 25.8. The number of fused-ring (bicyclic) bond motifs is 7. The molecule has 0 amide bonds. The number of ether oxygens (including phenoxy) is 1. The highest BCUT2D eigenvalue weighted by atomic mass is 16.5. The molecule has 0 unspecified atom stereocenters. The lowest BCUT2D eigenvalue weighted by molar-refractivity contribution is -0.245. The fourth-order valence-electron chi connectivity index (χ4n) is 11.0. The molecule has 9 atom stereocenters. The first-order valence-corrected chi connectivity index (χ1v) is 14.2. The summed E-state index contributed by atoms with van der Waals surface area (Å²) in [5, 5.41) is 22.8. The molecule has 0 spiro atoms. The van der Waals surface area contributed by atoms with E-state index in [9.17, 15) is 15.0 Å². The SMILES string of the molecule is COC(=O)[C@@]12CC[C@@]3(C)CCC(C)(C)C[C@H]3C1=CC[C@@H]1[C@@]3(C)CC[C@H](O)C(C)(C)[C@@H]3[C@@H](O)C[C@]12C. The number of carbonyl (C=O) groups is 1. The largest absolute Gasteiger partial charge is 0.468 e. The van der Waals surface area contributed by atoms with Crippen molar-refractivity contribution in [2.45, 2.75) is 118 Å². The Labute approximate surface area is 213 Å². The van der Waals surface area contributed by atoms with Crippen LogP contribution >= 0.6 is 0 Å². The average Bonchev–Trinajstić information content (AvgIpc) is 2.76. The molecule has 5 rings (SSSR count). The summed E-state index contributed by atoms with van der Waals surface area (Å²) in [5.74, 6) is 0.609. The van der Waals surface area contributed by atoms with Gasteiger partial charge < -0.3 is 14.9 Å². The molecular weight excluding hydrogens is 436 g/mol. The summed E-state index contributed by atoms with van der Waals surface area (Å²) < 4.78 is 5.69. The van der Waals surface area contributed by atoms with Crippen LogP contribution in [0.1, 0.15) is 106 Å². The number of rotatable bonds is 1. The minimum absolute atomic E-state index is 0.0175. The van der Waals surface area contributed by atoms with Crippen molar-refractivity contribution in [1.29, 1.82) is 0 Å². The number of methoxy groups -OCH3 is 1. The van der Waals surface area contributed by atoms with E-state index in [-0.39, 0.29) is 44.9 Å². The number of aliphatic hydroxyl groups is 2. The van der Waals surface area contributed by atoms with E-state index in [1.807, 2.05) is 0 Å². The molecule has 4 saturated carbocycles. The van der Waals surface area contributed by atoms with Gasteiger partial charge in [0.05, 0.1) is 24.7 Å². The van der Waals surface area contributed by atoms with Crippen LogP contribution in [0.5, 0.6) is 0 Å². The molecule has 198 valence electrons. The number of aliphatic hydroxyl groups excluding tert-OH is 2. The van der Waals surface area contributed by atoms with Crippen LogP contribution in [0.15, 0.2) is 11.6 Å². The van der Waals surface area contributed by atoms with E-state index in [4.69, 9.17) is 4.74 Å². The molecule has 4 fully saturated rings. The highest BCUT2D eigenvalue weighted by molar-refractivity contribution is 5.83. The molecular formula is C31H50O4. The molecule has 0 aromatic carbocycles. The third-order valence-electron chi connectivity index (χ3n) is 12.9. The lowest BCUT2D eigenvalue weighted by atomic mass is 9.33. The van der Waals surface area contributed by atoms with E-state index in [1.165, 1.54) is 18.4 Å². The third kappa shape index (κ3) is 3.14. The van der Waals surface area contributed by atoms with Crippen molar-refractivity contribution >= 4 is 5.97 Å². The van der Waals surface area contributed by atoms with Crippen LogP contribution in [-0.2, 0) is 9.53 Å². The van der Waals surface area contributed by atoms with E-state index >= 15 is 0 Å². The maximum Gasteiger partial charge on any atom is 0.316 e. The number of hydrogen-bond acceptors (Lipinski definition) is 4. The van der Waals surface area contributed by atoms with Gasteiger partial charge in [0.25, 0.3) is 0 Å². The van der Waals surface area contributed by atoms with Crippen LogP contribution in [0.3, 0.4) is 0 Å². The fraction of sp³-hybridized carbons (Fsp3) is 0.903. The summed E-state index contributed by atoms with van der Waals surface area (Å²) in [6.45, 7) is 16.2. The first-order chi connectivity index (χ1) is 16.1. The Balaban J connectivity index is 1.69. The Morgan fingerprint density at radius 2 is 1.60 bits per heavy atom. The molecule has 4 nitrogen and oxygen atoms in total. The van der Waals surface area contributed by atoms with E-state index in [0.29, 0.717) is 12.3 Å². The minimum Gasteiger partial charge on any atom is -0.468 e. The number of esters is 1. The summed E-state index contributed by atoms with van der Waals surface area (Å²) >= 11 is 0. The maximum absolute atomic E-state index is 14.1. The van der Waals surface area contributed by atoms with Crippen LogP contribution in [0.4, 0.5) is 0 Å². The standard InChI is InChI=1S/C31H50O4/c1-26(2)13-14-28(5)15-16-31(25(34)35-8)19(20(28)17-26)9-10-22-29(6)12-11-23(33)27(3,4)24(29)21(32)18-30(22,31)7/h9,20-24,32-33H,10-18H2,1-8H3/t20-,21-,22+,23-,24-,28+,29+,30+,31+/m0/s1. The van der Waals surface area contributed by atoms with Crippen LogP contribution < -0.4 is 0 Å². The molecule has 0 aromatic heterocycles. The molecule has 2 N–H and O–H groups in total. The normalized spacial score (nSPS) is 52.2. The van der Waals surface area contributed by atoms with Crippen molar-refractivity contribution in [1.82, 2.24) is 0 Å². The van der Waals surface area contributed by atoms with E-state index < -0.39 is 17.6 Å². The molecule has 4 heteroatoms. The second kappa shape index (κ2) is 7.59. The maximum atomic E-state index is 14.1. The zero-order valence-electron chi connectivity index (χ0n) is 23.5. The van der Waals surface area contributed by atoms with Crippen LogP contribution in [0.2, 0.25) is 0 Å². The van der Waals surface area contributed by atoms with Gasteiger partial charge in [-0.3, -0.25) is 4.79 Å². The van der Waals surface area contributed by atoms with Gasteiger partial charge in [0, 0.05) is 0 Å². The summed E-state index contributed by atoms with van der Waals surface area (Å²) in [4.78, 5) is 14.1. The number of allylic oxidation sites excluding steroid dienone is 1. The summed E-state index contributed by atoms with van der Waals surface area (Å²) in [7, 11) is 1.56. The predicted molar refractivity (Wildman–Crippen MR) is 138 cm³/mol. The lowest BCUT2D eigenvalue weighted by Gasteiger charge is -2.71. The highest BCUT2D eigenvalue weighted by Crippen LogP contribution is 2.76. The molecule has 0 saturated heterocycles. The van der Waals surface area contributed by atoms with Crippen molar-refractivity contribution in [2.24, 2.45) is 50.2 Å². The van der Waals surface area contributed by atoms with E-state index in [2.05, 4.69) is 54.5 Å². The number of hydrogen-bond donors (Lipinski definition) is 2. The number of carbonyl (C=O) groups excluding carboxylic acids is 1. The summed E-state index contributed by atoms with van der Waals surface area (Å²) in [6.07, 6.45) is 10.2. The van der Waals surface area contributed by atoms with Gasteiger partial charge in [-0.15, -0.1) is 0 Å². The highest BCUT2D eigenvalue weighted by Gasteiger charge is 2.73. The first kappa shape index (κ1) is 25.8. The molecule has 0 heterocycles. The molecule has 35 heavy (non-hydrogen) atoms. The minimum atomic E-state index is -0.669. The molecule has 0 aromatic rings. The molecule has 5 aliphatic rings. The quantitative estimate of drug-likeness (QED) is 0.337. The van der Waals surface area contributed by atoms with Gasteiger partial charge in [0.2, 0.25) is 0 Å². The third-order valence-corrected chi connectivity index (χ3v) is 12.9. The molecule has 0 bridgehead atoms. The Kier molecular flexibility index (Phi) is 5.59. The van der Waals surface area contributed by atoms with Gasteiger partial charge in [-0.05, 0) is 103 Å². The topological polar surface area (TPSA) is 66.8 Å². The van der Waals surface area contributed by atoms with Crippen molar-refractivity contribution in [3.05, 3.63) is 11.6 Å². The smallest absolute Gasteiger partial charge is 0.316 e. The van der Waals surface area contributed by atoms with E-state index in [1.54, 1.807) is 7.11 Å². The van der Waals surface area contributed by atoms with Crippen LogP contribution in [0, 0.1) is 50.2 Å². The van der Waals surface area contributed by atoms with Crippen molar-refractivity contribution in [3.63, 3.8) is 0 Å². The van der Waals surface area contributed by atoms with Gasteiger partial charge in [-0.25, -0.2) is 0 Å². The van der Waals surface area contributed by atoms with Crippen LogP contribution in [0.25, 0.3) is 0 Å². The Hall–Kier alpha value is -0.870. The first-order valence-electron chi connectivity index (χ1n) is 14.2. The zero-order valence-corrected chi connectivity index (χ0v) is 23.5. The molecule has 0 radical (unpaired) electrons. The van der Waals surface area contributed by atoms with Crippen LogP contribution in [-0.4, -0.2) is 35.5 Å². The fourth-order valence-corrected chi connectivity index (χ4v) is 11.0. The van der Waals surface area contributed by atoms with Crippen molar-refractivity contribution in [3.8, 4) is 0 Å². The van der Waals surface area contributed by atoms with E-state index in [0.717, 1.165) is 38.5 Å². The van der Waals surface area contributed by atoms with Crippen molar-refractivity contribution in [2.75, 3.05) is 7.11 Å². The van der Waals surface area contributed by atoms with Gasteiger partial charge in [-0.1, -0.05) is 60.1 Å². The Morgan fingerprint density at radius 1 is 0.943 bits per heavy atom. The predicted octanol–water partition coefficient (Wildman–Crippen LogP) is 6.29. The average molecular weight is 487 g/mol. The van der Waals surface area contributed by atoms with Gasteiger partial charge in [-0.2, -0.15) is 0 Å². The second-order valence-electron chi connectivity index (χ2n) is 15.5. The molecule has 0 aliphatic heterocycles. The van der Waals surface area contributed by atoms with Gasteiger partial charge in [0.15, 0.2) is 0 Å². The molecule has 5 aliphatic carbocycles. The Morgan fingerprint density at radius 3 is 2.26 bits per heavy atom. The Bertz CT molecular complexity index is 934. The lowest BCUT2D eigenvalue weighted by Crippen LogP contribution is -2.70. The second-order valence-corrected chi connectivity index (χ2v) is 15.5.